The molecule has 0 aliphatic heterocycles. The van der Waals surface area contributed by atoms with Crippen molar-refractivity contribution >= 4 is 39.0 Å². The van der Waals surface area contributed by atoms with Crippen molar-refractivity contribution in [2.45, 2.75) is 11.4 Å². The number of sulfonamides is 1. The number of nitrogens with zero attached hydrogens (tertiary/aromatic N) is 1. The van der Waals surface area contributed by atoms with Crippen LogP contribution in [0.4, 0.5) is 5.82 Å². The number of nitrogens with one attached hydrogen (secondary N) is 1. The van der Waals surface area contributed by atoms with E-state index in [-0.39, 0.29) is 22.3 Å². The lowest BCUT2D eigenvalue weighted by Gasteiger charge is -2.07. The van der Waals surface area contributed by atoms with Crippen molar-refractivity contribution in [3.8, 4) is 0 Å². The summed E-state index contributed by atoms with van der Waals surface area (Å²) >= 11 is 11.5. The predicted octanol–water partition coefficient (Wildman–Crippen LogP) is 2.45. The van der Waals surface area contributed by atoms with Crippen molar-refractivity contribution in [3.05, 3.63) is 52.1 Å². The van der Waals surface area contributed by atoms with E-state index in [1.807, 2.05) is 0 Å². The van der Waals surface area contributed by atoms with E-state index in [2.05, 4.69) is 9.71 Å². The van der Waals surface area contributed by atoms with Crippen LogP contribution in [0.25, 0.3) is 0 Å². The minimum Gasteiger partial charge on any atom is -0.382 e. The van der Waals surface area contributed by atoms with Gasteiger partial charge in [0, 0.05) is 17.8 Å². The molecule has 0 fully saturated rings. The molecule has 0 spiro atoms. The molecule has 106 valence electrons. The second kappa shape index (κ2) is 5.97. The lowest BCUT2D eigenvalue weighted by molar-refractivity contribution is 0.581. The zero-order valence-corrected chi connectivity index (χ0v) is 12.5. The van der Waals surface area contributed by atoms with E-state index < -0.39 is 10.0 Å². The highest BCUT2D eigenvalue weighted by Gasteiger charge is 2.15. The molecule has 5 nitrogen and oxygen atoms in total. The summed E-state index contributed by atoms with van der Waals surface area (Å²) in [5.74, 6) is 0.0864. The molecule has 0 radical (unpaired) electrons. The normalized spacial score (nSPS) is 11.5. The Labute approximate surface area is 126 Å². The average Bonchev–Trinajstić information content (AvgIpc) is 2.41. The van der Waals surface area contributed by atoms with Crippen molar-refractivity contribution in [1.29, 1.82) is 0 Å². The summed E-state index contributed by atoms with van der Waals surface area (Å²) in [4.78, 5) is 3.68. The number of anilines is 1. The fourth-order valence-corrected chi connectivity index (χ4v) is 2.79. The molecule has 0 amide bonds. The average molecular weight is 332 g/mol. The maximum Gasteiger partial charge on any atom is 0.242 e. The van der Waals surface area contributed by atoms with Crippen molar-refractivity contribution in [1.82, 2.24) is 9.71 Å². The maximum absolute atomic E-state index is 12.1. The Morgan fingerprint density at radius 1 is 1.20 bits per heavy atom. The van der Waals surface area contributed by atoms with E-state index in [0.29, 0.717) is 5.02 Å². The number of benzene rings is 1. The molecule has 0 aliphatic rings. The van der Waals surface area contributed by atoms with Gasteiger partial charge >= 0.3 is 0 Å². The Balaban J connectivity index is 2.14. The molecule has 3 N–H and O–H groups in total. The summed E-state index contributed by atoms with van der Waals surface area (Å²) < 4.78 is 26.6. The smallest absolute Gasteiger partial charge is 0.242 e. The largest absolute Gasteiger partial charge is 0.382 e. The van der Waals surface area contributed by atoms with Gasteiger partial charge in [-0.3, -0.25) is 0 Å². The molecule has 1 heterocycles. The maximum atomic E-state index is 12.1. The molecular formula is C12H11Cl2N3O2S. The van der Waals surface area contributed by atoms with Gasteiger partial charge in [-0.2, -0.15) is 0 Å². The highest BCUT2D eigenvalue weighted by atomic mass is 35.5. The van der Waals surface area contributed by atoms with Gasteiger partial charge in [0.05, 0.1) is 5.02 Å². The number of halogens is 2. The van der Waals surface area contributed by atoms with Crippen LogP contribution in [0.15, 0.2) is 41.4 Å². The lowest BCUT2D eigenvalue weighted by atomic mass is 10.2. The quantitative estimate of drug-likeness (QED) is 0.901. The molecule has 0 aliphatic carbocycles. The SMILES string of the molecule is Nc1ncc(S(=O)(=O)NCc2ccc(Cl)cc2)cc1Cl. The van der Waals surface area contributed by atoms with Crippen LogP contribution in [0.1, 0.15) is 5.56 Å². The van der Waals surface area contributed by atoms with Gasteiger partial charge in [-0.25, -0.2) is 18.1 Å². The van der Waals surface area contributed by atoms with Crippen LogP contribution in [0.5, 0.6) is 0 Å². The van der Waals surface area contributed by atoms with Crippen LogP contribution in [0.3, 0.4) is 0 Å². The molecule has 1 aromatic heterocycles. The Morgan fingerprint density at radius 2 is 1.85 bits per heavy atom. The molecular weight excluding hydrogens is 321 g/mol. The van der Waals surface area contributed by atoms with Gasteiger partial charge in [0.15, 0.2) is 0 Å². The van der Waals surface area contributed by atoms with Crippen molar-refractivity contribution in [3.63, 3.8) is 0 Å². The molecule has 8 heteroatoms. The number of nitrogens with two attached hydrogens (primary N) is 1. The van der Waals surface area contributed by atoms with Gasteiger partial charge < -0.3 is 5.73 Å². The summed E-state index contributed by atoms with van der Waals surface area (Å²) in [6.07, 6.45) is 1.16. The van der Waals surface area contributed by atoms with Gasteiger partial charge in [0.25, 0.3) is 0 Å². The standard InChI is InChI=1S/C12H11Cl2N3O2S/c13-9-3-1-8(2-4-9)6-17-20(18,19)10-5-11(14)12(15)16-7-10/h1-5,7,17H,6H2,(H2,15,16). The molecule has 0 saturated heterocycles. The van der Waals surface area contributed by atoms with Crippen LogP contribution in [-0.4, -0.2) is 13.4 Å². The highest BCUT2D eigenvalue weighted by molar-refractivity contribution is 7.89. The Hall–Kier alpha value is -1.34. The number of rotatable bonds is 4. The van der Waals surface area contributed by atoms with Gasteiger partial charge in [-0.1, -0.05) is 35.3 Å². The van der Waals surface area contributed by atoms with E-state index in [0.717, 1.165) is 11.8 Å². The first-order chi connectivity index (χ1) is 9.38. The minimum absolute atomic E-state index is 0.0364. The van der Waals surface area contributed by atoms with Crippen molar-refractivity contribution in [2.75, 3.05) is 5.73 Å². The van der Waals surface area contributed by atoms with E-state index in [1.54, 1.807) is 24.3 Å². The second-order valence-electron chi connectivity index (χ2n) is 3.99. The number of hydrogen-bond acceptors (Lipinski definition) is 4. The molecule has 2 rings (SSSR count). The topological polar surface area (TPSA) is 85.1 Å². The highest BCUT2D eigenvalue weighted by Crippen LogP contribution is 2.20. The third-order valence-electron chi connectivity index (χ3n) is 2.53. The molecule has 0 atom stereocenters. The van der Waals surface area contributed by atoms with E-state index in [4.69, 9.17) is 28.9 Å². The first-order valence-corrected chi connectivity index (χ1v) is 7.77. The van der Waals surface area contributed by atoms with E-state index in [1.165, 1.54) is 6.07 Å². The fraction of sp³-hybridized carbons (Fsp3) is 0.0833. The summed E-state index contributed by atoms with van der Waals surface area (Å²) in [6.45, 7) is 0.140. The number of nitrogen functional groups attached to an aromatic ring is 1. The van der Waals surface area contributed by atoms with E-state index in [9.17, 15) is 8.42 Å². The monoisotopic (exact) mass is 331 g/mol. The molecule has 1 aromatic carbocycles. The molecule has 0 unspecified atom stereocenters. The zero-order valence-electron chi connectivity index (χ0n) is 10.2. The van der Waals surface area contributed by atoms with Crippen LogP contribution in [-0.2, 0) is 16.6 Å². The van der Waals surface area contributed by atoms with E-state index >= 15 is 0 Å². The first kappa shape index (κ1) is 15.1. The Morgan fingerprint density at radius 3 is 2.45 bits per heavy atom. The van der Waals surface area contributed by atoms with Crippen LogP contribution >= 0.6 is 23.2 Å². The molecule has 20 heavy (non-hydrogen) atoms. The van der Waals surface area contributed by atoms with Gasteiger partial charge in [-0.15, -0.1) is 0 Å². The predicted molar refractivity (Wildman–Crippen MR) is 79.1 cm³/mol. The molecule has 0 saturated carbocycles. The van der Waals surface area contributed by atoms with Crippen molar-refractivity contribution in [2.24, 2.45) is 0 Å². The van der Waals surface area contributed by atoms with Gasteiger partial charge in [-0.05, 0) is 23.8 Å². The van der Waals surface area contributed by atoms with Gasteiger partial charge in [0.1, 0.15) is 10.7 Å². The van der Waals surface area contributed by atoms with Crippen LogP contribution in [0, 0.1) is 0 Å². The van der Waals surface area contributed by atoms with Gasteiger partial charge in [0.2, 0.25) is 10.0 Å². The summed E-state index contributed by atoms with van der Waals surface area (Å²) in [7, 11) is -3.69. The third-order valence-corrected chi connectivity index (χ3v) is 4.46. The minimum atomic E-state index is -3.69. The number of aromatic nitrogens is 1. The summed E-state index contributed by atoms with van der Waals surface area (Å²) in [5, 5.41) is 0.686. The number of hydrogen-bond donors (Lipinski definition) is 2. The first-order valence-electron chi connectivity index (χ1n) is 5.53. The second-order valence-corrected chi connectivity index (χ2v) is 6.60. The third kappa shape index (κ3) is 3.61. The van der Waals surface area contributed by atoms with Crippen molar-refractivity contribution < 1.29 is 8.42 Å². The molecule has 2 aromatic rings. The zero-order chi connectivity index (χ0) is 14.8. The Kier molecular flexibility index (Phi) is 4.49. The lowest BCUT2D eigenvalue weighted by Crippen LogP contribution is -2.23. The Bertz CT molecular complexity index is 718. The number of pyridine rings is 1. The van der Waals surface area contributed by atoms with Crippen LogP contribution < -0.4 is 10.5 Å². The fourth-order valence-electron chi connectivity index (χ4n) is 1.44. The molecule has 0 bridgehead atoms. The summed E-state index contributed by atoms with van der Waals surface area (Å²) in [6, 6.07) is 8.10. The summed E-state index contributed by atoms with van der Waals surface area (Å²) in [5.41, 5.74) is 6.23. The van der Waals surface area contributed by atoms with Crippen LogP contribution in [0.2, 0.25) is 10.0 Å².